The molecule has 2 rings (SSSR count). The summed E-state index contributed by atoms with van der Waals surface area (Å²) in [6.45, 7) is 3.17. The highest BCUT2D eigenvalue weighted by Crippen LogP contribution is 2.32. The minimum Gasteiger partial charge on any atom is -0.387 e. The number of rotatable bonds is 3. The Balaban J connectivity index is 2.38. The first-order valence-corrected chi connectivity index (χ1v) is 5.95. The lowest BCUT2D eigenvalue weighted by Crippen LogP contribution is -2.51. The zero-order valence-electron chi connectivity index (χ0n) is 9.74. The Kier molecular flexibility index (Phi) is 3.28. The number of hydrogen-bond donors (Lipinski definition) is 3. The van der Waals surface area contributed by atoms with Crippen LogP contribution in [0.1, 0.15) is 30.5 Å². The molecule has 3 nitrogen and oxygen atoms in total. The van der Waals surface area contributed by atoms with E-state index < -0.39 is 5.60 Å². The maximum Gasteiger partial charge on any atom is 0.0960 e. The third kappa shape index (κ3) is 1.86. The van der Waals surface area contributed by atoms with Gasteiger partial charge in [0.2, 0.25) is 0 Å². The van der Waals surface area contributed by atoms with Crippen molar-refractivity contribution in [3.63, 3.8) is 0 Å². The molecule has 16 heavy (non-hydrogen) atoms. The van der Waals surface area contributed by atoms with Crippen molar-refractivity contribution in [1.82, 2.24) is 5.32 Å². The number of nitrogens with one attached hydrogen (secondary N) is 1. The molecular formula is C13H20N2O. The van der Waals surface area contributed by atoms with Gasteiger partial charge in [0.1, 0.15) is 0 Å². The number of nitrogens with two attached hydrogens (primary N) is 1. The summed E-state index contributed by atoms with van der Waals surface area (Å²) in [6.07, 6.45) is 1.69. The third-order valence-electron chi connectivity index (χ3n) is 3.61. The lowest BCUT2D eigenvalue weighted by Gasteiger charge is -2.39. The van der Waals surface area contributed by atoms with Crippen molar-refractivity contribution < 1.29 is 5.11 Å². The van der Waals surface area contributed by atoms with E-state index in [-0.39, 0.29) is 12.6 Å². The van der Waals surface area contributed by atoms with Crippen LogP contribution in [0.3, 0.4) is 0 Å². The standard InChI is InChI=1S/C13H20N2O/c1-2-13(16,9-14)12-11-6-4-3-5-10(11)7-8-15-12/h3-6,12,15-16H,2,7-9,14H2,1H3. The molecule has 2 unspecified atom stereocenters. The van der Waals surface area contributed by atoms with Crippen LogP contribution in [-0.2, 0) is 6.42 Å². The van der Waals surface area contributed by atoms with Crippen LogP contribution in [0.2, 0.25) is 0 Å². The number of hydrogen-bond acceptors (Lipinski definition) is 3. The summed E-state index contributed by atoms with van der Waals surface area (Å²) >= 11 is 0. The molecule has 3 heteroatoms. The van der Waals surface area contributed by atoms with E-state index in [1.54, 1.807) is 0 Å². The highest BCUT2D eigenvalue weighted by Gasteiger charge is 2.37. The first-order chi connectivity index (χ1) is 7.71. The molecule has 0 amide bonds. The van der Waals surface area contributed by atoms with Gasteiger partial charge in [0, 0.05) is 6.54 Å². The Morgan fingerprint density at radius 2 is 2.25 bits per heavy atom. The van der Waals surface area contributed by atoms with E-state index in [1.807, 2.05) is 13.0 Å². The van der Waals surface area contributed by atoms with Crippen LogP contribution in [0.25, 0.3) is 0 Å². The van der Waals surface area contributed by atoms with E-state index in [1.165, 1.54) is 11.1 Å². The predicted molar refractivity (Wildman–Crippen MR) is 65.2 cm³/mol. The van der Waals surface area contributed by atoms with Gasteiger partial charge in [0.15, 0.2) is 0 Å². The van der Waals surface area contributed by atoms with E-state index in [2.05, 4.69) is 23.5 Å². The highest BCUT2D eigenvalue weighted by molar-refractivity contribution is 5.34. The normalized spacial score (nSPS) is 23.6. The average Bonchev–Trinajstić information content (AvgIpc) is 2.37. The zero-order valence-corrected chi connectivity index (χ0v) is 9.74. The van der Waals surface area contributed by atoms with Crippen molar-refractivity contribution >= 4 is 0 Å². The fraction of sp³-hybridized carbons (Fsp3) is 0.538. The minimum atomic E-state index is -0.837. The second-order valence-corrected chi connectivity index (χ2v) is 4.50. The first kappa shape index (κ1) is 11.6. The highest BCUT2D eigenvalue weighted by atomic mass is 16.3. The Labute approximate surface area is 96.7 Å². The van der Waals surface area contributed by atoms with Crippen molar-refractivity contribution in [2.45, 2.75) is 31.4 Å². The molecule has 1 aliphatic rings. The van der Waals surface area contributed by atoms with Crippen molar-refractivity contribution in [3.05, 3.63) is 35.4 Å². The Hall–Kier alpha value is -0.900. The topological polar surface area (TPSA) is 58.3 Å². The molecule has 1 aromatic rings. The zero-order chi connectivity index (χ0) is 11.6. The van der Waals surface area contributed by atoms with Gasteiger partial charge in [0.25, 0.3) is 0 Å². The SMILES string of the molecule is CCC(O)(CN)C1NCCc2ccccc21. The Morgan fingerprint density at radius 1 is 1.50 bits per heavy atom. The second-order valence-electron chi connectivity index (χ2n) is 4.50. The Bertz CT molecular complexity index is 361. The second kappa shape index (κ2) is 4.53. The molecule has 0 saturated carbocycles. The van der Waals surface area contributed by atoms with Crippen LogP contribution in [0.15, 0.2) is 24.3 Å². The molecule has 1 heterocycles. The fourth-order valence-electron chi connectivity index (χ4n) is 2.45. The number of benzene rings is 1. The minimum absolute atomic E-state index is 0.0348. The summed E-state index contributed by atoms with van der Waals surface area (Å²) in [5.74, 6) is 0. The van der Waals surface area contributed by atoms with Gasteiger partial charge in [-0.05, 0) is 30.5 Å². The van der Waals surface area contributed by atoms with E-state index in [0.717, 1.165) is 13.0 Å². The molecule has 0 aromatic heterocycles. The van der Waals surface area contributed by atoms with Crippen molar-refractivity contribution in [1.29, 1.82) is 0 Å². The maximum atomic E-state index is 10.5. The molecule has 0 fully saturated rings. The number of fused-ring (bicyclic) bond motifs is 1. The molecule has 2 atom stereocenters. The molecule has 4 N–H and O–H groups in total. The molecule has 88 valence electrons. The van der Waals surface area contributed by atoms with Gasteiger partial charge in [-0.3, -0.25) is 0 Å². The Morgan fingerprint density at radius 3 is 2.94 bits per heavy atom. The molecule has 0 spiro atoms. The van der Waals surface area contributed by atoms with Crippen molar-refractivity contribution in [3.8, 4) is 0 Å². The maximum absolute atomic E-state index is 10.5. The van der Waals surface area contributed by atoms with E-state index >= 15 is 0 Å². The van der Waals surface area contributed by atoms with Crippen LogP contribution in [-0.4, -0.2) is 23.8 Å². The summed E-state index contributed by atoms with van der Waals surface area (Å²) in [4.78, 5) is 0. The molecule has 1 aromatic carbocycles. The quantitative estimate of drug-likeness (QED) is 0.711. The first-order valence-electron chi connectivity index (χ1n) is 5.95. The molecular weight excluding hydrogens is 200 g/mol. The van der Waals surface area contributed by atoms with E-state index in [4.69, 9.17) is 5.73 Å². The summed E-state index contributed by atoms with van der Waals surface area (Å²) in [7, 11) is 0. The van der Waals surface area contributed by atoms with Gasteiger partial charge in [0.05, 0.1) is 11.6 Å². The van der Waals surface area contributed by atoms with Gasteiger partial charge in [-0.25, -0.2) is 0 Å². The monoisotopic (exact) mass is 220 g/mol. The fourth-order valence-corrected chi connectivity index (χ4v) is 2.45. The molecule has 0 saturated heterocycles. The van der Waals surface area contributed by atoms with Gasteiger partial charge >= 0.3 is 0 Å². The van der Waals surface area contributed by atoms with Crippen LogP contribution in [0.4, 0.5) is 0 Å². The van der Waals surface area contributed by atoms with Gasteiger partial charge in [-0.1, -0.05) is 31.2 Å². The lowest BCUT2D eigenvalue weighted by molar-refractivity contribution is 0.00304. The van der Waals surface area contributed by atoms with E-state index in [9.17, 15) is 5.11 Å². The lowest BCUT2D eigenvalue weighted by atomic mass is 9.81. The molecule has 1 aliphatic heterocycles. The summed E-state index contributed by atoms with van der Waals surface area (Å²) in [6, 6.07) is 8.26. The predicted octanol–water partition coefficient (Wildman–Crippen LogP) is 0.973. The van der Waals surface area contributed by atoms with Gasteiger partial charge in [-0.2, -0.15) is 0 Å². The summed E-state index contributed by atoms with van der Waals surface area (Å²) < 4.78 is 0. The van der Waals surface area contributed by atoms with Gasteiger partial charge < -0.3 is 16.2 Å². The molecule has 0 aliphatic carbocycles. The van der Waals surface area contributed by atoms with Crippen LogP contribution in [0.5, 0.6) is 0 Å². The van der Waals surface area contributed by atoms with Crippen molar-refractivity contribution in [2.75, 3.05) is 13.1 Å². The number of aliphatic hydroxyl groups is 1. The summed E-state index contributed by atoms with van der Waals surface area (Å²) in [5, 5.41) is 13.9. The van der Waals surface area contributed by atoms with E-state index in [0.29, 0.717) is 6.42 Å². The van der Waals surface area contributed by atoms with Gasteiger partial charge in [-0.15, -0.1) is 0 Å². The molecule has 0 bridgehead atoms. The van der Waals surface area contributed by atoms with Crippen molar-refractivity contribution in [2.24, 2.45) is 5.73 Å². The summed E-state index contributed by atoms with van der Waals surface area (Å²) in [5.41, 5.74) is 7.40. The smallest absolute Gasteiger partial charge is 0.0960 e. The third-order valence-corrected chi connectivity index (χ3v) is 3.61. The average molecular weight is 220 g/mol. The van der Waals surface area contributed by atoms with Crippen LogP contribution < -0.4 is 11.1 Å². The van der Waals surface area contributed by atoms with Crippen LogP contribution in [0, 0.1) is 0 Å². The van der Waals surface area contributed by atoms with Crippen LogP contribution >= 0.6 is 0 Å². The molecule has 0 radical (unpaired) electrons. The largest absolute Gasteiger partial charge is 0.387 e.